The van der Waals surface area contributed by atoms with Crippen LogP contribution in [0.4, 0.5) is 13.2 Å². The van der Waals surface area contributed by atoms with Gasteiger partial charge in [-0.3, -0.25) is 4.98 Å². The van der Waals surface area contributed by atoms with Crippen LogP contribution in [0, 0.1) is 0 Å². The Morgan fingerprint density at radius 2 is 1.77 bits per heavy atom. The standard InChI is InChI=1S/C23H20F3N3O/c24-23(25,26)19-5-1-15(2-6-19)11-20(27)7-8-21-13-22(29-30-21)17-3-4-18-14-28-10-9-16(18)12-17/h1-6,9-10,12-14,20H,7-8,11,27H2/t20-/m0/s1. The third kappa shape index (κ3) is 4.68. The first-order chi connectivity index (χ1) is 14.4. The summed E-state index contributed by atoms with van der Waals surface area (Å²) in [7, 11) is 0. The summed E-state index contributed by atoms with van der Waals surface area (Å²) in [5, 5.41) is 6.28. The van der Waals surface area contributed by atoms with Crippen LogP contribution in [0.1, 0.15) is 23.3 Å². The van der Waals surface area contributed by atoms with E-state index in [0.29, 0.717) is 19.3 Å². The van der Waals surface area contributed by atoms with Crippen LogP contribution in [-0.4, -0.2) is 16.2 Å². The second-order valence-corrected chi connectivity index (χ2v) is 7.31. The van der Waals surface area contributed by atoms with Crippen molar-refractivity contribution in [2.45, 2.75) is 31.5 Å². The van der Waals surface area contributed by atoms with Crippen molar-refractivity contribution in [1.29, 1.82) is 0 Å². The summed E-state index contributed by atoms with van der Waals surface area (Å²) in [6, 6.07) is 14.8. The Morgan fingerprint density at radius 1 is 0.967 bits per heavy atom. The molecule has 0 aliphatic heterocycles. The highest BCUT2D eigenvalue weighted by molar-refractivity contribution is 5.85. The minimum atomic E-state index is -4.33. The molecule has 0 radical (unpaired) electrons. The Bertz CT molecular complexity index is 1140. The molecule has 4 rings (SSSR count). The molecular weight excluding hydrogens is 391 g/mol. The fourth-order valence-electron chi connectivity index (χ4n) is 3.37. The monoisotopic (exact) mass is 411 g/mol. The van der Waals surface area contributed by atoms with Crippen molar-refractivity contribution in [3.63, 3.8) is 0 Å². The summed E-state index contributed by atoms with van der Waals surface area (Å²) in [5.74, 6) is 0.725. The smallest absolute Gasteiger partial charge is 0.361 e. The maximum Gasteiger partial charge on any atom is 0.416 e. The zero-order valence-corrected chi connectivity index (χ0v) is 16.1. The SMILES string of the molecule is N[C@@H](CCc1cc(-c2ccc3cnccc3c2)no1)Cc1ccc(C(F)(F)F)cc1. The van der Waals surface area contributed by atoms with E-state index in [2.05, 4.69) is 10.1 Å². The summed E-state index contributed by atoms with van der Waals surface area (Å²) in [5.41, 5.74) is 8.00. The number of hydrogen-bond acceptors (Lipinski definition) is 4. The predicted octanol–water partition coefficient (Wildman–Crippen LogP) is 5.41. The molecule has 0 fully saturated rings. The number of benzene rings is 2. The van der Waals surface area contributed by atoms with E-state index in [1.54, 1.807) is 6.20 Å². The molecule has 2 aromatic carbocycles. The lowest BCUT2D eigenvalue weighted by Crippen LogP contribution is -2.23. The van der Waals surface area contributed by atoms with Gasteiger partial charge in [-0.05, 0) is 48.1 Å². The number of nitrogens with zero attached hydrogens (tertiary/aromatic N) is 2. The minimum absolute atomic E-state index is 0.191. The molecule has 30 heavy (non-hydrogen) atoms. The molecule has 0 saturated heterocycles. The number of aromatic nitrogens is 2. The average molecular weight is 411 g/mol. The van der Waals surface area contributed by atoms with Crippen LogP contribution in [0.5, 0.6) is 0 Å². The fraction of sp³-hybridized carbons (Fsp3) is 0.217. The first-order valence-corrected chi connectivity index (χ1v) is 9.60. The van der Waals surface area contributed by atoms with Gasteiger partial charge in [-0.25, -0.2) is 0 Å². The Morgan fingerprint density at radius 3 is 2.53 bits per heavy atom. The third-order valence-corrected chi connectivity index (χ3v) is 5.04. The highest BCUT2D eigenvalue weighted by Crippen LogP contribution is 2.29. The van der Waals surface area contributed by atoms with Gasteiger partial charge in [0.1, 0.15) is 11.5 Å². The Hall–Kier alpha value is -3.19. The topological polar surface area (TPSA) is 64.9 Å². The molecule has 0 unspecified atom stereocenters. The van der Waals surface area contributed by atoms with Crippen LogP contribution in [0.2, 0.25) is 0 Å². The van der Waals surface area contributed by atoms with Crippen LogP contribution < -0.4 is 5.73 Å². The maximum absolute atomic E-state index is 12.6. The summed E-state index contributed by atoms with van der Waals surface area (Å²) < 4.78 is 43.4. The lowest BCUT2D eigenvalue weighted by atomic mass is 10.0. The first-order valence-electron chi connectivity index (χ1n) is 9.60. The molecule has 7 heteroatoms. The van der Waals surface area contributed by atoms with Crippen LogP contribution in [0.15, 0.2) is 71.5 Å². The summed E-state index contributed by atoms with van der Waals surface area (Å²) in [6.07, 6.45) is 0.972. The molecule has 154 valence electrons. The van der Waals surface area contributed by atoms with E-state index in [1.807, 2.05) is 36.5 Å². The number of fused-ring (bicyclic) bond motifs is 1. The van der Waals surface area contributed by atoms with Crippen LogP contribution in [-0.2, 0) is 19.0 Å². The first kappa shape index (κ1) is 20.1. The van der Waals surface area contributed by atoms with E-state index in [0.717, 1.165) is 45.5 Å². The highest BCUT2D eigenvalue weighted by atomic mass is 19.4. The van der Waals surface area contributed by atoms with Gasteiger partial charge in [-0.2, -0.15) is 13.2 Å². The molecule has 0 saturated carbocycles. The maximum atomic E-state index is 12.6. The number of nitrogens with two attached hydrogens (primary N) is 1. The fourth-order valence-corrected chi connectivity index (χ4v) is 3.37. The van der Waals surface area contributed by atoms with Crippen molar-refractivity contribution >= 4 is 10.8 Å². The largest absolute Gasteiger partial charge is 0.416 e. The number of hydrogen-bond donors (Lipinski definition) is 1. The van der Waals surface area contributed by atoms with Crippen LogP contribution in [0.25, 0.3) is 22.0 Å². The molecule has 4 aromatic rings. The third-order valence-electron chi connectivity index (χ3n) is 5.04. The molecule has 2 heterocycles. The van der Waals surface area contributed by atoms with E-state index in [9.17, 15) is 13.2 Å². The van der Waals surface area contributed by atoms with Crippen LogP contribution in [0.3, 0.4) is 0 Å². The van der Waals surface area contributed by atoms with E-state index in [-0.39, 0.29) is 6.04 Å². The van der Waals surface area contributed by atoms with E-state index >= 15 is 0 Å². The quantitative estimate of drug-likeness (QED) is 0.461. The zero-order valence-electron chi connectivity index (χ0n) is 16.1. The van der Waals surface area contributed by atoms with E-state index < -0.39 is 11.7 Å². The minimum Gasteiger partial charge on any atom is -0.361 e. The molecule has 2 N–H and O–H groups in total. The molecule has 0 aliphatic carbocycles. The van der Waals surface area contributed by atoms with Crippen molar-refractivity contribution in [2.24, 2.45) is 5.73 Å². The van der Waals surface area contributed by atoms with E-state index in [1.165, 1.54) is 12.1 Å². The molecule has 0 amide bonds. The molecule has 1 atom stereocenters. The van der Waals surface area contributed by atoms with Crippen molar-refractivity contribution in [2.75, 3.05) is 0 Å². The van der Waals surface area contributed by atoms with Gasteiger partial charge < -0.3 is 10.3 Å². The molecule has 0 aliphatic rings. The van der Waals surface area contributed by atoms with Gasteiger partial charge in [0.25, 0.3) is 0 Å². The van der Waals surface area contributed by atoms with Gasteiger partial charge in [-0.1, -0.05) is 29.4 Å². The van der Waals surface area contributed by atoms with Crippen molar-refractivity contribution in [3.05, 3.63) is 83.9 Å². The molecule has 2 aromatic heterocycles. The Labute approximate surface area is 171 Å². The highest BCUT2D eigenvalue weighted by Gasteiger charge is 2.29. The lowest BCUT2D eigenvalue weighted by molar-refractivity contribution is -0.137. The molecule has 0 spiro atoms. The summed E-state index contributed by atoms with van der Waals surface area (Å²) in [4.78, 5) is 4.11. The number of pyridine rings is 1. The number of aryl methyl sites for hydroxylation is 1. The normalized spacial score (nSPS) is 12.9. The number of halogens is 3. The van der Waals surface area contributed by atoms with Crippen LogP contribution >= 0.6 is 0 Å². The van der Waals surface area contributed by atoms with Crippen molar-refractivity contribution in [3.8, 4) is 11.3 Å². The summed E-state index contributed by atoms with van der Waals surface area (Å²) >= 11 is 0. The van der Waals surface area contributed by atoms with Gasteiger partial charge in [0.2, 0.25) is 0 Å². The Balaban J connectivity index is 1.35. The number of alkyl halides is 3. The zero-order chi connectivity index (χ0) is 21.1. The Kier molecular flexibility index (Phi) is 5.55. The second-order valence-electron chi connectivity index (χ2n) is 7.31. The molecular formula is C23H20F3N3O. The number of rotatable bonds is 6. The molecule has 4 nitrogen and oxygen atoms in total. The second kappa shape index (κ2) is 8.28. The lowest BCUT2D eigenvalue weighted by Gasteiger charge is -2.12. The van der Waals surface area contributed by atoms with Crippen molar-refractivity contribution < 1.29 is 17.7 Å². The van der Waals surface area contributed by atoms with E-state index in [4.69, 9.17) is 10.3 Å². The van der Waals surface area contributed by atoms with Gasteiger partial charge in [0, 0.05) is 41.9 Å². The average Bonchev–Trinajstić information content (AvgIpc) is 3.21. The van der Waals surface area contributed by atoms with Crippen molar-refractivity contribution in [1.82, 2.24) is 10.1 Å². The van der Waals surface area contributed by atoms with Gasteiger partial charge in [0.05, 0.1) is 5.56 Å². The summed E-state index contributed by atoms with van der Waals surface area (Å²) in [6.45, 7) is 0. The molecule has 0 bridgehead atoms. The van der Waals surface area contributed by atoms with Gasteiger partial charge in [0.15, 0.2) is 0 Å². The predicted molar refractivity (Wildman–Crippen MR) is 109 cm³/mol. The van der Waals surface area contributed by atoms with Gasteiger partial charge in [-0.15, -0.1) is 0 Å². The van der Waals surface area contributed by atoms with Gasteiger partial charge >= 0.3 is 6.18 Å².